The van der Waals surface area contributed by atoms with Gasteiger partial charge in [-0.3, -0.25) is 0 Å². The second-order valence-electron chi connectivity index (χ2n) is 6.39. The van der Waals surface area contributed by atoms with Crippen LogP contribution in [0.1, 0.15) is 44.9 Å². The Morgan fingerprint density at radius 3 is 2.67 bits per heavy atom. The van der Waals surface area contributed by atoms with Crippen LogP contribution in [0.3, 0.4) is 0 Å². The third-order valence-electron chi connectivity index (χ3n) is 4.47. The van der Waals surface area contributed by atoms with E-state index < -0.39 is 5.97 Å². The van der Waals surface area contributed by atoms with E-state index in [0.717, 1.165) is 30.6 Å². The van der Waals surface area contributed by atoms with Gasteiger partial charge in [0, 0.05) is 6.08 Å². The van der Waals surface area contributed by atoms with Crippen molar-refractivity contribution in [3.63, 3.8) is 0 Å². The molecule has 1 N–H and O–H groups in total. The largest absolute Gasteiger partial charge is 0.478 e. The number of aliphatic carboxylic acids is 1. The second-order valence-corrected chi connectivity index (χ2v) is 8.61. The minimum absolute atomic E-state index is 0.828. The van der Waals surface area contributed by atoms with Gasteiger partial charge in [-0.2, -0.15) is 23.5 Å². The predicted octanol–water partition coefficient (Wildman–Crippen LogP) is 4.70. The second kappa shape index (κ2) is 9.83. The van der Waals surface area contributed by atoms with Gasteiger partial charge in [-0.15, -0.1) is 0 Å². The molecule has 2 atom stereocenters. The zero-order chi connectivity index (χ0) is 14.9. The monoisotopic (exact) mass is 328 g/mol. The van der Waals surface area contributed by atoms with Gasteiger partial charge in [-0.25, -0.2) is 4.79 Å². The zero-order valence-corrected chi connectivity index (χ0v) is 14.5. The molecule has 0 amide bonds. The molecular formula is C17H28O2S2. The molecular weight excluding hydrogens is 300 g/mol. The summed E-state index contributed by atoms with van der Waals surface area (Å²) in [4.78, 5) is 10.4. The lowest BCUT2D eigenvalue weighted by molar-refractivity contribution is -0.131. The number of carboxylic acids is 1. The molecule has 1 aliphatic carbocycles. The maximum atomic E-state index is 10.4. The lowest BCUT2D eigenvalue weighted by atomic mass is 9.89. The van der Waals surface area contributed by atoms with Crippen LogP contribution in [-0.2, 0) is 4.79 Å². The van der Waals surface area contributed by atoms with Crippen molar-refractivity contribution >= 4 is 29.5 Å². The van der Waals surface area contributed by atoms with Crippen LogP contribution in [0.5, 0.6) is 0 Å². The molecule has 2 nitrogen and oxygen atoms in total. The lowest BCUT2D eigenvalue weighted by Crippen LogP contribution is -2.13. The standard InChI is InChI=1S/C17H28O2S2/c18-17(19)6-4-2-1-3-5-15-12-21-13-16(15)9-10-20-11-14-7-8-14/h4,6,14-16H,1-3,5,7-13H2,(H,18,19)/b6-4+. The van der Waals surface area contributed by atoms with E-state index in [1.807, 2.05) is 0 Å². The number of carboxylic acid groups (broad SMARTS) is 1. The van der Waals surface area contributed by atoms with Crippen LogP contribution in [0, 0.1) is 17.8 Å². The Morgan fingerprint density at radius 1 is 1.19 bits per heavy atom. The van der Waals surface area contributed by atoms with Gasteiger partial charge in [-0.1, -0.05) is 12.5 Å². The summed E-state index contributed by atoms with van der Waals surface area (Å²) in [5.74, 6) is 7.57. The molecule has 0 bridgehead atoms. The zero-order valence-electron chi connectivity index (χ0n) is 12.8. The summed E-state index contributed by atoms with van der Waals surface area (Å²) in [5, 5.41) is 8.53. The molecule has 0 aromatic heterocycles. The van der Waals surface area contributed by atoms with Gasteiger partial charge in [0.05, 0.1) is 0 Å². The number of hydrogen-bond acceptors (Lipinski definition) is 3. The molecule has 1 aliphatic heterocycles. The van der Waals surface area contributed by atoms with Crippen LogP contribution in [0.15, 0.2) is 12.2 Å². The van der Waals surface area contributed by atoms with Crippen molar-refractivity contribution in [1.29, 1.82) is 0 Å². The van der Waals surface area contributed by atoms with Crippen LogP contribution in [0.2, 0.25) is 0 Å². The Kier molecular flexibility index (Phi) is 8.08. The third-order valence-corrected chi connectivity index (χ3v) is 7.03. The van der Waals surface area contributed by atoms with Gasteiger partial charge < -0.3 is 5.11 Å². The average molecular weight is 329 g/mol. The van der Waals surface area contributed by atoms with Gasteiger partial charge in [-0.05, 0) is 79.3 Å². The van der Waals surface area contributed by atoms with Crippen molar-refractivity contribution in [2.75, 3.05) is 23.0 Å². The normalized spacial score (nSPS) is 25.7. The van der Waals surface area contributed by atoms with Crippen LogP contribution in [0.25, 0.3) is 0 Å². The highest BCUT2D eigenvalue weighted by molar-refractivity contribution is 7.99. The molecule has 2 fully saturated rings. The number of carbonyl (C=O) groups is 1. The van der Waals surface area contributed by atoms with E-state index in [2.05, 4.69) is 23.5 Å². The molecule has 2 unspecified atom stereocenters. The first-order chi connectivity index (χ1) is 10.3. The minimum atomic E-state index is -0.828. The van der Waals surface area contributed by atoms with Gasteiger partial charge in [0.15, 0.2) is 0 Å². The maximum absolute atomic E-state index is 10.4. The highest BCUT2D eigenvalue weighted by Crippen LogP contribution is 2.37. The summed E-state index contributed by atoms with van der Waals surface area (Å²) in [6.07, 6.45) is 12.1. The summed E-state index contributed by atoms with van der Waals surface area (Å²) in [6, 6.07) is 0. The molecule has 21 heavy (non-hydrogen) atoms. The van der Waals surface area contributed by atoms with Crippen LogP contribution >= 0.6 is 23.5 Å². The Labute approximate surface area is 137 Å². The first-order valence-corrected chi connectivity index (χ1v) is 10.6. The summed E-state index contributed by atoms with van der Waals surface area (Å²) in [6.45, 7) is 0. The van der Waals surface area contributed by atoms with Crippen molar-refractivity contribution in [2.45, 2.75) is 44.9 Å². The van der Waals surface area contributed by atoms with E-state index in [0.29, 0.717) is 0 Å². The first kappa shape index (κ1) is 17.3. The Hall–Kier alpha value is -0.0900. The number of allylic oxidation sites excluding steroid dienone is 1. The molecule has 1 saturated carbocycles. The Morgan fingerprint density at radius 2 is 1.95 bits per heavy atom. The fraction of sp³-hybridized carbons (Fsp3) is 0.824. The predicted molar refractivity (Wildman–Crippen MR) is 94.2 cm³/mol. The van der Waals surface area contributed by atoms with E-state index in [1.165, 1.54) is 61.2 Å². The van der Waals surface area contributed by atoms with Crippen molar-refractivity contribution < 1.29 is 9.90 Å². The average Bonchev–Trinajstić information content (AvgIpc) is 3.18. The van der Waals surface area contributed by atoms with Gasteiger partial charge in [0.1, 0.15) is 0 Å². The number of unbranched alkanes of at least 4 members (excludes halogenated alkanes) is 2. The lowest BCUT2D eigenvalue weighted by Gasteiger charge is -2.18. The number of hydrogen-bond donors (Lipinski definition) is 1. The summed E-state index contributed by atoms with van der Waals surface area (Å²) < 4.78 is 0. The quantitative estimate of drug-likeness (QED) is 0.440. The molecule has 2 rings (SSSR count). The van der Waals surface area contributed by atoms with Crippen LogP contribution in [0.4, 0.5) is 0 Å². The smallest absolute Gasteiger partial charge is 0.327 e. The maximum Gasteiger partial charge on any atom is 0.327 e. The van der Waals surface area contributed by atoms with Crippen molar-refractivity contribution in [2.24, 2.45) is 17.8 Å². The van der Waals surface area contributed by atoms with E-state index in [1.54, 1.807) is 6.08 Å². The summed E-state index contributed by atoms with van der Waals surface area (Å²) >= 11 is 4.31. The van der Waals surface area contributed by atoms with Crippen LogP contribution in [-0.4, -0.2) is 34.1 Å². The molecule has 0 spiro atoms. The molecule has 1 saturated heterocycles. The molecule has 0 radical (unpaired) electrons. The fourth-order valence-corrected chi connectivity index (χ4v) is 5.83. The SMILES string of the molecule is O=C(O)/C=C/CCCCC1CSCC1CCSCC1CC1. The highest BCUT2D eigenvalue weighted by Gasteiger charge is 2.27. The molecule has 120 valence electrons. The van der Waals surface area contributed by atoms with Gasteiger partial charge in [0.25, 0.3) is 0 Å². The molecule has 4 heteroatoms. The summed E-state index contributed by atoms with van der Waals surface area (Å²) in [5.41, 5.74) is 0. The topological polar surface area (TPSA) is 37.3 Å². The number of thioether (sulfide) groups is 2. The summed E-state index contributed by atoms with van der Waals surface area (Å²) in [7, 11) is 0. The first-order valence-electron chi connectivity index (χ1n) is 8.30. The molecule has 2 aliphatic rings. The van der Waals surface area contributed by atoms with E-state index in [-0.39, 0.29) is 0 Å². The fourth-order valence-electron chi connectivity index (χ4n) is 2.90. The molecule has 1 heterocycles. The van der Waals surface area contributed by atoms with E-state index in [4.69, 9.17) is 5.11 Å². The van der Waals surface area contributed by atoms with E-state index >= 15 is 0 Å². The van der Waals surface area contributed by atoms with Gasteiger partial charge >= 0.3 is 5.97 Å². The molecule has 0 aromatic rings. The van der Waals surface area contributed by atoms with Gasteiger partial charge in [0.2, 0.25) is 0 Å². The molecule has 0 aromatic carbocycles. The third kappa shape index (κ3) is 7.64. The van der Waals surface area contributed by atoms with Crippen molar-refractivity contribution in [3.8, 4) is 0 Å². The highest BCUT2D eigenvalue weighted by atomic mass is 32.2. The van der Waals surface area contributed by atoms with Crippen molar-refractivity contribution in [3.05, 3.63) is 12.2 Å². The van der Waals surface area contributed by atoms with Crippen LogP contribution < -0.4 is 0 Å². The minimum Gasteiger partial charge on any atom is -0.478 e. The van der Waals surface area contributed by atoms with Crippen molar-refractivity contribution in [1.82, 2.24) is 0 Å². The Balaban J connectivity index is 1.50. The number of rotatable bonds is 11. The van der Waals surface area contributed by atoms with E-state index in [9.17, 15) is 4.79 Å². The Bertz CT molecular complexity index is 340.